The van der Waals surface area contributed by atoms with Crippen LogP contribution in [0.3, 0.4) is 0 Å². The molecule has 1 N–H and O–H groups in total. The second-order valence-electron chi connectivity index (χ2n) is 6.99. The maximum Gasteiger partial charge on any atom is 0.253 e. The van der Waals surface area contributed by atoms with Gasteiger partial charge in [0, 0.05) is 38.3 Å². The van der Waals surface area contributed by atoms with Gasteiger partial charge in [-0.15, -0.1) is 0 Å². The number of hydrogen-bond donors (Lipinski definition) is 1. The number of rotatable bonds is 5. The lowest BCUT2D eigenvalue weighted by atomic mass is 10.1. The summed E-state index contributed by atoms with van der Waals surface area (Å²) in [5.74, 6) is 0.944. The van der Waals surface area contributed by atoms with E-state index in [4.69, 9.17) is 4.74 Å². The quantitative estimate of drug-likeness (QED) is 0.898. The van der Waals surface area contributed by atoms with E-state index < -0.39 is 0 Å². The van der Waals surface area contributed by atoms with Crippen LogP contribution < -0.4 is 4.74 Å². The standard InChI is InChI=1S/C19H28N2O3/c1-15(22)14-20-10-12-21(13-11-20)19(23)16-6-8-18(9-7-16)24-17-4-2-3-5-17/h6-9,15,17,22H,2-5,10-14H2,1H3/t15-/m0/s1. The minimum absolute atomic E-state index is 0.0825. The normalized spacial score (nSPS) is 21.0. The number of aliphatic hydroxyl groups is 1. The molecule has 0 spiro atoms. The van der Waals surface area contributed by atoms with Crippen molar-refractivity contribution in [2.75, 3.05) is 32.7 Å². The van der Waals surface area contributed by atoms with E-state index in [9.17, 15) is 9.90 Å². The van der Waals surface area contributed by atoms with Gasteiger partial charge in [0.15, 0.2) is 0 Å². The first-order valence-corrected chi connectivity index (χ1v) is 9.08. The Kier molecular flexibility index (Phi) is 5.74. The van der Waals surface area contributed by atoms with Gasteiger partial charge in [0.25, 0.3) is 5.91 Å². The van der Waals surface area contributed by atoms with E-state index in [2.05, 4.69) is 4.90 Å². The Morgan fingerprint density at radius 2 is 1.79 bits per heavy atom. The largest absolute Gasteiger partial charge is 0.490 e. The highest BCUT2D eigenvalue weighted by atomic mass is 16.5. The number of piperazine rings is 1. The molecule has 2 fully saturated rings. The van der Waals surface area contributed by atoms with Gasteiger partial charge in [-0.25, -0.2) is 0 Å². The molecule has 1 aliphatic heterocycles. The molecule has 0 radical (unpaired) electrons. The van der Waals surface area contributed by atoms with E-state index in [1.165, 1.54) is 12.8 Å². The average Bonchev–Trinajstić information content (AvgIpc) is 3.08. The van der Waals surface area contributed by atoms with Crippen molar-refractivity contribution in [1.82, 2.24) is 9.80 Å². The number of amides is 1. The molecule has 0 aromatic heterocycles. The molecule has 1 aromatic carbocycles. The monoisotopic (exact) mass is 332 g/mol. The Hall–Kier alpha value is -1.59. The molecule has 1 amide bonds. The predicted molar refractivity (Wildman–Crippen MR) is 93.4 cm³/mol. The second kappa shape index (κ2) is 7.99. The summed E-state index contributed by atoms with van der Waals surface area (Å²) in [5, 5.41) is 9.45. The number of nitrogens with zero attached hydrogens (tertiary/aromatic N) is 2. The highest BCUT2D eigenvalue weighted by Gasteiger charge is 2.23. The Bertz CT molecular complexity index is 530. The van der Waals surface area contributed by atoms with Gasteiger partial charge in [0.1, 0.15) is 5.75 Å². The van der Waals surface area contributed by atoms with E-state index in [1.807, 2.05) is 29.2 Å². The van der Waals surface area contributed by atoms with E-state index in [-0.39, 0.29) is 12.0 Å². The smallest absolute Gasteiger partial charge is 0.253 e. The van der Waals surface area contributed by atoms with Crippen LogP contribution in [0.25, 0.3) is 0 Å². The van der Waals surface area contributed by atoms with Crippen molar-refractivity contribution in [3.05, 3.63) is 29.8 Å². The number of β-amino-alcohol motifs (C(OH)–C–C–N with tert-alkyl or cyclic N) is 1. The summed E-state index contributed by atoms with van der Waals surface area (Å²) in [4.78, 5) is 16.7. The van der Waals surface area contributed by atoms with Crippen LogP contribution in [0.4, 0.5) is 0 Å². The zero-order chi connectivity index (χ0) is 16.9. The summed E-state index contributed by atoms with van der Waals surface area (Å²) >= 11 is 0. The van der Waals surface area contributed by atoms with Gasteiger partial charge in [-0.3, -0.25) is 9.69 Å². The summed E-state index contributed by atoms with van der Waals surface area (Å²) in [6.07, 6.45) is 4.80. The van der Waals surface area contributed by atoms with E-state index in [1.54, 1.807) is 6.92 Å². The predicted octanol–water partition coefficient (Wildman–Crippen LogP) is 2.15. The maximum atomic E-state index is 12.6. The summed E-state index contributed by atoms with van der Waals surface area (Å²) in [6, 6.07) is 7.56. The topological polar surface area (TPSA) is 53.0 Å². The first-order chi connectivity index (χ1) is 11.6. The number of carbonyl (C=O) groups is 1. The molecule has 1 heterocycles. The number of aliphatic hydroxyl groups excluding tert-OH is 1. The van der Waals surface area contributed by atoms with Gasteiger partial charge in [-0.2, -0.15) is 0 Å². The Labute approximate surface area is 144 Å². The highest BCUT2D eigenvalue weighted by molar-refractivity contribution is 5.94. The maximum absolute atomic E-state index is 12.6. The minimum atomic E-state index is -0.320. The summed E-state index contributed by atoms with van der Waals surface area (Å²) < 4.78 is 5.95. The Morgan fingerprint density at radius 1 is 1.17 bits per heavy atom. The lowest BCUT2D eigenvalue weighted by molar-refractivity contribution is 0.0554. The van der Waals surface area contributed by atoms with Crippen molar-refractivity contribution in [3.8, 4) is 5.75 Å². The first-order valence-electron chi connectivity index (χ1n) is 9.08. The lowest BCUT2D eigenvalue weighted by Crippen LogP contribution is -2.50. The van der Waals surface area contributed by atoms with Gasteiger partial charge >= 0.3 is 0 Å². The molecule has 0 unspecified atom stereocenters. The molecule has 3 rings (SSSR count). The summed E-state index contributed by atoms with van der Waals surface area (Å²) in [6.45, 7) is 5.54. The van der Waals surface area contributed by atoms with Crippen LogP contribution in [0.2, 0.25) is 0 Å². The fraction of sp³-hybridized carbons (Fsp3) is 0.632. The zero-order valence-corrected chi connectivity index (χ0v) is 14.5. The molecular weight excluding hydrogens is 304 g/mol. The van der Waals surface area contributed by atoms with Crippen LogP contribution in [-0.2, 0) is 0 Å². The second-order valence-corrected chi connectivity index (χ2v) is 6.99. The van der Waals surface area contributed by atoms with Gasteiger partial charge in [0.2, 0.25) is 0 Å². The van der Waals surface area contributed by atoms with E-state index in [0.717, 1.165) is 37.2 Å². The van der Waals surface area contributed by atoms with Crippen LogP contribution in [-0.4, -0.2) is 65.7 Å². The van der Waals surface area contributed by atoms with Crippen LogP contribution in [0, 0.1) is 0 Å². The number of hydrogen-bond acceptors (Lipinski definition) is 4. The molecule has 5 heteroatoms. The van der Waals surface area contributed by atoms with Crippen LogP contribution >= 0.6 is 0 Å². The molecule has 132 valence electrons. The van der Waals surface area contributed by atoms with E-state index in [0.29, 0.717) is 25.7 Å². The van der Waals surface area contributed by atoms with Crippen LogP contribution in [0.5, 0.6) is 5.75 Å². The molecule has 1 aliphatic carbocycles. The molecule has 24 heavy (non-hydrogen) atoms. The first kappa shape index (κ1) is 17.2. The summed E-state index contributed by atoms with van der Waals surface area (Å²) in [7, 11) is 0. The van der Waals surface area contributed by atoms with Crippen molar-refractivity contribution in [3.63, 3.8) is 0 Å². The number of carbonyl (C=O) groups excluding carboxylic acids is 1. The van der Waals surface area contributed by atoms with Gasteiger partial charge < -0.3 is 14.7 Å². The molecule has 2 aliphatic rings. The van der Waals surface area contributed by atoms with Crippen LogP contribution in [0.15, 0.2) is 24.3 Å². The summed E-state index contributed by atoms with van der Waals surface area (Å²) in [5.41, 5.74) is 0.720. The van der Waals surface area contributed by atoms with Crippen molar-refractivity contribution < 1.29 is 14.6 Å². The minimum Gasteiger partial charge on any atom is -0.490 e. The lowest BCUT2D eigenvalue weighted by Gasteiger charge is -2.35. The Morgan fingerprint density at radius 3 is 2.38 bits per heavy atom. The molecule has 0 bridgehead atoms. The fourth-order valence-electron chi connectivity index (χ4n) is 3.56. The number of benzene rings is 1. The molecule has 5 nitrogen and oxygen atoms in total. The third-order valence-corrected chi connectivity index (χ3v) is 4.89. The molecule has 1 aromatic rings. The molecular formula is C19H28N2O3. The fourth-order valence-corrected chi connectivity index (χ4v) is 3.56. The third-order valence-electron chi connectivity index (χ3n) is 4.89. The van der Waals surface area contributed by atoms with Crippen LogP contribution in [0.1, 0.15) is 43.0 Å². The molecule has 1 atom stereocenters. The van der Waals surface area contributed by atoms with Gasteiger partial charge in [0.05, 0.1) is 12.2 Å². The van der Waals surface area contributed by atoms with Crippen molar-refractivity contribution >= 4 is 5.91 Å². The zero-order valence-electron chi connectivity index (χ0n) is 14.5. The van der Waals surface area contributed by atoms with Crippen molar-refractivity contribution in [2.45, 2.75) is 44.8 Å². The van der Waals surface area contributed by atoms with Gasteiger partial charge in [-0.05, 0) is 56.9 Å². The average molecular weight is 332 g/mol. The molecule has 1 saturated carbocycles. The van der Waals surface area contributed by atoms with Gasteiger partial charge in [-0.1, -0.05) is 0 Å². The Balaban J connectivity index is 1.51. The SMILES string of the molecule is C[C@H](O)CN1CCN(C(=O)c2ccc(OC3CCCC3)cc2)CC1. The van der Waals surface area contributed by atoms with E-state index >= 15 is 0 Å². The third kappa shape index (κ3) is 4.48. The highest BCUT2D eigenvalue weighted by Crippen LogP contribution is 2.24. The van der Waals surface area contributed by atoms with Crippen molar-refractivity contribution in [2.24, 2.45) is 0 Å². The number of ether oxygens (including phenoxy) is 1. The van der Waals surface area contributed by atoms with Crippen molar-refractivity contribution in [1.29, 1.82) is 0 Å². The molecule has 1 saturated heterocycles.